The van der Waals surface area contributed by atoms with Crippen LogP contribution in [0.1, 0.15) is 25.3 Å². The van der Waals surface area contributed by atoms with Crippen LogP contribution in [0.25, 0.3) is 0 Å². The van der Waals surface area contributed by atoms with Crippen LogP contribution in [0.3, 0.4) is 0 Å². The molecule has 0 unspecified atom stereocenters. The van der Waals surface area contributed by atoms with Crippen molar-refractivity contribution in [1.29, 1.82) is 0 Å². The van der Waals surface area contributed by atoms with Gasteiger partial charge in [-0.05, 0) is 58.5 Å². The average Bonchev–Trinajstić information content (AvgIpc) is 2.44. The Balaban J connectivity index is 1.84. The standard InChI is InChI=1S/C16H24N2O2/c1-12-6-4-5-7-15(12)20-13(2)16(19)17-14-8-10-18(3)11-9-14/h4-7,13-14H,8-11H2,1-3H3,(H,17,19)/t13-/m0/s1. The molecule has 1 fully saturated rings. The van der Waals surface area contributed by atoms with E-state index in [4.69, 9.17) is 4.74 Å². The van der Waals surface area contributed by atoms with Gasteiger partial charge in [0.05, 0.1) is 0 Å². The summed E-state index contributed by atoms with van der Waals surface area (Å²) in [4.78, 5) is 14.4. The summed E-state index contributed by atoms with van der Waals surface area (Å²) < 4.78 is 5.75. The van der Waals surface area contributed by atoms with E-state index in [1.807, 2.05) is 31.2 Å². The van der Waals surface area contributed by atoms with Crippen molar-refractivity contribution < 1.29 is 9.53 Å². The molecular formula is C16H24N2O2. The number of hydrogen-bond donors (Lipinski definition) is 1. The van der Waals surface area contributed by atoms with E-state index in [1.165, 1.54) is 0 Å². The van der Waals surface area contributed by atoms with E-state index >= 15 is 0 Å². The Morgan fingerprint density at radius 2 is 2.00 bits per heavy atom. The number of benzene rings is 1. The number of hydrogen-bond acceptors (Lipinski definition) is 3. The van der Waals surface area contributed by atoms with Crippen LogP contribution in [-0.2, 0) is 4.79 Å². The molecule has 1 saturated heterocycles. The summed E-state index contributed by atoms with van der Waals surface area (Å²) >= 11 is 0. The monoisotopic (exact) mass is 276 g/mol. The van der Waals surface area contributed by atoms with Crippen LogP contribution in [0.15, 0.2) is 24.3 Å². The van der Waals surface area contributed by atoms with Crippen LogP contribution in [0.5, 0.6) is 5.75 Å². The normalized spacial score (nSPS) is 18.6. The highest BCUT2D eigenvalue weighted by molar-refractivity contribution is 5.81. The summed E-state index contributed by atoms with van der Waals surface area (Å²) in [7, 11) is 2.11. The highest BCUT2D eigenvalue weighted by Gasteiger charge is 2.22. The molecule has 0 aliphatic carbocycles. The summed E-state index contributed by atoms with van der Waals surface area (Å²) in [6, 6.07) is 8.04. The number of para-hydroxylation sites is 1. The minimum atomic E-state index is -0.462. The SMILES string of the molecule is Cc1ccccc1O[C@@H](C)C(=O)NC1CCN(C)CC1. The van der Waals surface area contributed by atoms with Crippen molar-refractivity contribution in [2.24, 2.45) is 0 Å². The Hall–Kier alpha value is -1.55. The summed E-state index contributed by atoms with van der Waals surface area (Å²) in [6.07, 6.45) is 1.56. The molecular weight excluding hydrogens is 252 g/mol. The van der Waals surface area contributed by atoms with Crippen LogP contribution in [-0.4, -0.2) is 43.1 Å². The van der Waals surface area contributed by atoms with Crippen LogP contribution >= 0.6 is 0 Å². The molecule has 1 aliphatic rings. The molecule has 1 heterocycles. The highest BCUT2D eigenvalue weighted by atomic mass is 16.5. The van der Waals surface area contributed by atoms with Crippen LogP contribution < -0.4 is 10.1 Å². The van der Waals surface area contributed by atoms with Gasteiger partial charge in [-0.1, -0.05) is 18.2 Å². The molecule has 0 spiro atoms. The molecule has 20 heavy (non-hydrogen) atoms. The third-order valence-electron chi connectivity index (χ3n) is 3.83. The van der Waals surface area contributed by atoms with Gasteiger partial charge in [0.25, 0.3) is 5.91 Å². The Bertz CT molecular complexity index is 454. The van der Waals surface area contributed by atoms with Gasteiger partial charge in [0.1, 0.15) is 5.75 Å². The van der Waals surface area contributed by atoms with E-state index in [0.29, 0.717) is 0 Å². The lowest BCUT2D eigenvalue weighted by Crippen LogP contribution is -2.47. The molecule has 1 aromatic carbocycles. The second kappa shape index (κ2) is 6.75. The molecule has 4 nitrogen and oxygen atoms in total. The number of carbonyl (C=O) groups excluding carboxylic acids is 1. The third-order valence-corrected chi connectivity index (χ3v) is 3.83. The van der Waals surface area contributed by atoms with Gasteiger partial charge in [-0.25, -0.2) is 0 Å². The van der Waals surface area contributed by atoms with E-state index in [1.54, 1.807) is 6.92 Å². The van der Waals surface area contributed by atoms with E-state index in [9.17, 15) is 4.79 Å². The molecule has 0 aromatic heterocycles. The first-order valence-electron chi connectivity index (χ1n) is 7.27. The summed E-state index contributed by atoms with van der Waals surface area (Å²) in [6.45, 7) is 5.86. The van der Waals surface area contributed by atoms with Gasteiger partial charge in [0.2, 0.25) is 0 Å². The third kappa shape index (κ3) is 3.97. The zero-order valence-corrected chi connectivity index (χ0v) is 12.6. The van der Waals surface area contributed by atoms with Crippen molar-refractivity contribution >= 4 is 5.91 Å². The number of amides is 1. The van der Waals surface area contributed by atoms with E-state index in [-0.39, 0.29) is 11.9 Å². The van der Waals surface area contributed by atoms with E-state index in [0.717, 1.165) is 37.2 Å². The summed E-state index contributed by atoms with van der Waals surface area (Å²) in [5.74, 6) is 0.751. The van der Waals surface area contributed by atoms with Gasteiger partial charge in [-0.2, -0.15) is 0 Å². The summed E-state index contributed by atoms with van der Waals surface area (Å²) in [5, 5.41) is 3.09. The fourth-order valence-corrected chi connectivity index (χ4v) is 2.40. The van der Waals surface area contributed by atoms with Gasteiger partial charge >= 0.3 is 0 Å². The van der Waals surface area contributed by atoms with Crippen molar-refractivity contribution in [2.75, 3.05) is 20.1 Å². The summed E-state index contributed by atoms with van der Waals surface area (Å²) in [5.41, 5.74) is 1.05. The molecule has 1 amide bonds. The van der Waals surface area contributed by atoms with Gasteiger partial charge in [-0.15, -0.1) is 0 Å². The smallest absolute Gasteiger partial charge is 0.260 e. The van der Waals surface area contributed by atoms with Crippen LogP contribution in [0, 0.1) is 6.92 Å². The molecule has 1 aromatic rings. The lowest BCUT2D eigenvalue weighted by Gasteiger charge is -2.30. The van der Waals surface area contributed by atoms with Crippen LogP contribution in [0.2, 0.25) is 0 Å². The average molecular weight is 276 g/mol. The maximum absolute atomic E-state index is 12.2. The Kier molecular flexibility index (Phi) is 5.01. The topological polar surface area (TPSA) is 41.6 Å². The molecule has 1 aliphatic heterocycles. The van der Waals surface area contributed by atoms with Crippen molar-refractivity contribution in [3.63, 3.8) is 0 Å². The number of aryl methyl sites for hydroxylation is 1. The number of piperidine rings is 1. The molecule has 4 heteroatoms. The van der Waals surface area contributed by atoms with Crippen molar-refractivity contribution in [3.05, 3.63) is 29.8 Å². The van der Waals surface area contributed by atoms with Gasteiger partial charge in [0, 0.05) is 6.04 Å². The Labute approximate surface area is 121 Å². The minimum absolute atomic E-state index is 0.0252. The van der Waals surface area contributed by atoms with Crippen molar-refractivity contribution in [3.8, 4) is 5.75 Å². The predicted molar refractivity (Wildman–Crippen MR) is 79.9 cm³/mol. The lowest BCUT2D eigenvalue weighted by molar-refractivity contribution is -0.128. The largest absolute Gasteiger partial charge is 0.481 e. The quantitative estimate of drug-likeness (QED) is 0.914. The zero-order chi connectivity index (χ0) is 14.5. The molecule has 2 rings (SSSR count). The van der Waals surface area contributed by atoms with Crippen LogP contribution in [0.4, 0.5) is 0 Å². The van der Waals surface area contributed by atoms with Crippen molar-refractivity contribution in [2.45, 2.75) is 38.8 Å². The Morgan fingerprint density at radius 1 is 1.35 bits per heavy atom. The predicted octanol–water partition coefficient (Wildman–Crippen LogP) is 1.97. The number of nitrogens with zero attached hydrogens (tertiary/aromatic N) is 1. The molecule has 110 valence electrons. The van der Waals surface area contributed by atoms with Crippen molar-refractivity contribution in [1.82, 2.24) is 10.2 Å². The maximum atomic E-state index is 12.2. The van der Waals surface area contributed by atoms with Gasteiger partial charge in [-0.3, -0.25) is 4.79 Å². The highest BCUT2D eigenvalue weighted by Crippen LogP contribution is 2.18. The second-order valence-electron chi connectivity index (χ2n) is 5.61. The Morgan fingerprint density at radius 3 is 2.65 bits per heavy atom. The second-order valence-corrected chi connectivity index (χ2v) is 5.61. The first kappa shape index (κ1) is 14.9. The minimum Gasteiger partial charge on any atom is -0.481 e. The number of rotatable bonds is 4. The number of likely N-dealkylation sites (tertiary alicyclic amines) is 1. The van der Waals surface area contributed by atoms with E-state index < -0.39 is 6.10 Å². The lowest BCUT2D eigenvalue weighted by atomic mass is 10.1. The molecule has 0 radical (unpaired) electrons. The molecule has 1 atom stereocenters. The number of carbonyl (C=O) groups is 1. The van der Waals surface area contributed by atoms with E-state index in [2.05, 4.69) is 17.3 Å². The zero-order valence-electron chi connectivity index (χ0n) is 12.6. The van der Waals surface area contributed by atoms with Gasteiger partial charge < -0.3 is 15.0 Å². The fraction of sp³-hybridized carbons (Fsp3) is 0.562. The fourth-order valence-electron chi connectivity index (χ4n) is 2.40. The molecule has 1 N–H and O–H groups in total. The number of nitrogens with one attached hydrogen (secondary N) is 1. The maximum Gasteiger partial charge on any atom is 0.260 e. The van der Waals surface area contributed by atoms with Gasteiger partial charge in [0.15, 0.2) is 6.10 Å². The molecule has 0 bridgehead atoms. The molecule has 0 saturated carbocycles. The first-order chi connectivity index (χ1) is 9.56. The number of ether oxygens (including phenoxy) is 1. The first-order valence-corrected chi connectivity index (χ1v) is 7.27.